The Bertz CT molecular complexity index is 464. The average Bonchev–Trinajstić information content (AvgIpc) is 2.85. The molecule has 1 unspecified atom stereocenters. The first-order chi connectivity index (χ1) is 9.15. The van der Waals surface area contributed by atoms with Gasteiger partial charge in [-0.3, -0.25) is 15.0 Å². The van der Waals surface area contributed by atoms with Crippen LogP contribution in [0, 0.1) is 10.1 Å². The van der Waals surface area contributed by atoms with Crippen molar-refractivity contribution in [3.05, 3.63) is 33.9 Å². The maximum absolute atomic E-state index is 11.0. The molecule has 0 aliphatic carbocycles. The molecule has 1 atom stereocenters. The Hall–Kier alpha value is -1.66. The number of hydrogen-bond donors (Lipinski definition) is 1. The van der Waals surface area contributed by atoms with Gasteiger partial charge in [-0.15, -0.1) is 0 Å². The van der Waals surface area contributed by atoms with Crippen LogP contribution < -0.4 is 4.74 Å². The van der Waals surface area contributed by atoms with Crippen LogP contribution in [-0.2, 0) is 6.54 Å². The van der Waals surface area contributed by atoms with Crippen molar-refractivity contribution in [2.75, 3.05) is 20.3 Å². The second-order valence-electron chi connectivity index (χ2n) is 4.71. The van der Waals surface area contributed by atoms with E-state index in [4.69, 9.17) is 4.74 Å². The first kappa shape index (κ1) is 13.8. The number of benzene rings is 1. The van der Waals surface area contributed by atoms with E-state index in [2.05, 4.69) is 4.90 Å². The maximum Gasteiger partial charge on any atom is 0.311 e. The lowest BCUT2D eigenvalue weighted by atomic mass is 10.1. The van der Waals surface area contributed by atoms with Gasteiger partial charge in [0.25, 0.3) is 0 Å². The van der Waals surface area contributed by atoms with E-state index in [-0.39, 0.29) is 24.1 Å². The van der Waals surface area contributed by atoms with Crippen LogP contribution in [-0.4, -0.2) is 41.2 Å². The Labute approximate surface area is 111 Å². The van der Waals surface area contributed by atoms with Gasteiger partial charge >= 0.3 is 5.69 Å². The highest BCUT2D eigenvalue weighted by Gasteiger charge is 2.24. The summed E-state index contributed by atoms with van der Waals surface area (Å²) in [6.07, 6.45) is 2.04. The molecule has 0 saturated carbocycles. The van der Waals surface area contributed by atoms with Crippen molar-refractivity contribution in [3.8, 4) is 5.75 Å². The number of nitro groups is 1. The molecule has 6 nitrogen and oxygen atoms in total. The average molecular weight is 266 g/mol. The van der Waals surface area contributed by atoms with Crippen molar-refractivity contribution in [3.63, 3.8) is 0 Å². The topological polar surface area (TPSA) is 75.8 Å². The molecule has 19 heavy (non-hydrogen) atoms. The van der Waals surface area contributed by atoms with E-state index < -0.39 is 4.92 Å². The Balaban J connectivity index is 2.17. The van der Waals surface area contributed by atoms with Crippen molar-refractivity contribution in [2.45, 2.75) is 25.4 Å². The lowest BCUT2D eigenvalue weighted by Crippen LogP contribution is -2.31. The predicted molar refractivity (Wildman–Crippen MR) is 70.2 cm³/mol. The molecule has 0 bridgehead atoms. The molecule has 1 fully saturated rings. The van der Waals surface area contributed by atoms with Crippen molar-refractivity contribution in [1.82, 2.24) is 4.90 Å². The highest BCUT2D eigenvalue weighted by Crippen LogP contribution is 2.29. The van der Waals surface area contributed by atoms with Crippen molar-refractivity contribution in [2.24, 2.45) is 0 Å². The zero-order valence-corrected chi connectivity index (χ0v) is 10.9. The smallest absolute Gasteiger partial charge is 0.311 e. The minimum atomic E-state index is -0.435. The largest absolute Gasteiger partial charge is 0.490 e. The summed E-state index contributed by atoms with van der Waals surface area (Å²) in [6, 6.07) is 5.17. The Morgan fingerprint density at radius 2 is 2.37 bits per heavy atom. The van der Waals surface area contributed by atoms with Gasteiger partial charge in [-0.25, -0.2) is 0 Å². The van der Waals surface area contributed by atoms with Gasteiger partial charge in [0, 0.05) is 18.7 Å². The van der Waals surface area contributed by atoms with Crippen LogP contribution in [0.3, 0.4) is 0 Å². The van der Waals surface area contributed by atoms with Crippen LogP contribution in [0.25, 0.3) is 0 Å². The first-order valence-corrected chi connectivity index (χ1v) is 6.32. The van der Waals surface area contributed by atoms with E-state index in [1.807, 2.05) is 6.07 Å². The first-order valence-electron chi connectivity index (χ1n) is 6.32. The molecule has 1 aromatic carbocycles. The zero-order valence-electron chi connectivity index (χ0n) is 10.9. The molecule has 1 saturated heterocycles. The molecule has 0 radical (unpaired) electrons. The third kappa shape index (κ3) is 3.02. The maximum atomic E-state index is 11.0. The number of methoxy groups -OCH3 is 1. The molecule has 0 aromatic heterocycles. The Morgan fingerprint density at radius 3 is 3.00 bits per heavy atom. The Morgan fingerprint density at radius 1 is 1.58 bits per heavy atom. The van der Waals surface area contributed by atoms with Gasteiger partial charge in [-0.2, -0.15) is 0 Å². The van der Waals surface area contributed by atoms with Crippen LogP contribution in [0.1, 0.15) is 18.4 Å². The molecular weight excluding hydrogens is 248 g/mol. The number of nitrogens with zero attached hydrogens (tertiary/aromatic N) is 2. The summed E-state index contributed by atoms with van der Waals surface area (Å²) < 4.78 is 4.98. The standard InChI is InChI=1S/C13H18N2O4/c1-19-13-5-4-10(7-12(13)15(17)18)8-14-6-2-3-11(14)9-16/h4-5,7,11,16H,2-3,6,8-9H2,1H3. The number of hydrogen-bond acceptors (Lipinski definition) is 5. The van der Waals surface area contributed by atoms with Crippen LogP contribution in [0.5, 0.6) is 5.75 Å². The number of aliphatic hydroxyl groups is 1. The molecule has 1 aliphatic heterocycles. The number of likely N-dealkylation sites (tertiary alicyclic amines) is 1. The molecule has 2 rings (SSSR count). The van der Waals surface area contributed by atoms with Gasteiger partial charge in [0.1, 0.15) is 0 Å². The van der Waals surface area contributed by atoms with E-state index in [1.54, 1.807) is 12.1 Å². The highest BCUT2D eigenvalue weighted by molar-refractivity contribution is 5.48. The van der Waals surface area contributed by atoms with Gasteiger partial charge in [-0.05, 0) is 31.0 Å². The summed E-state index contributed by atoms with van der Waals surface area (Å²) in [4.78, 5) is 12.7. The van der Waals surface area contributed by atoms with Crippen molar-refractivity contribution >= 4 is 5.69 Å². The summed E-state index contributed by atoms with van der Waals surface area (Å²) in [5, 5.41) is 20.2. The molecule has 0 amide bonds. The number of nitro benzene ring substituents is 1. The number of rotatable bonds is 5. The summed E-state index contributed by atoms with van der Waals surface area (Å²) in [7, 11) is 1.42. The van der Waals surface area contributed by atoms with Gasteiger partial charge in [0.05, 0.1) is 18.6 Å². The lowest BCUT2D eigenvalue weighted by molar-refractivity contribution is -0.385. The zero-order chi connectivity index (χ0) is 13.8. The van der Waals surface area contributed by atoms with Crippen molar-refractivity contribution < 1.29 is 14.8 Å². The van der Waals surface area contributed by atoms with Crippen LogP contribution in [0.15, 0.2) is 18.2 Å². The van der Waals surface area contributed by atoms with E-state index in [1.165, 1.54) is 7.11 Å². The SMILES string of the molecule is COc1ccc(CN2CCCC2CO)cc1[N+](=O)[O-]. The van der Waals surface area contributed by atoms with Crippen LogP contribution in [0.2, 0.25) is 0 Å². The second-order valence-corrected chi connectivity index (χ2v) is 4.71. The van der Waals surface area contributed by atoms with E-state index in [0.717, 1.165) is 24.9 Å². The van der Waals surface area contributed by atoms with Gasteiger partial charge in [0.15, 0.2) is 5.75 Å². The van der Waals surface area contributed by atoms with Crippen molar-refractivity contribution in [1.29, 1.82) is 0 Å². The summed E-state index contributed by atoms with van der Waals surface area (Å²) in [5.74, 6) is 0.272. The third-order valence-electron chi connectivity index (χ3n) is 3.54. The minimum absolute atomic E-state index is 0.0141. The second kappa shape index (κ2) is 5.99. The quantitative estimate of drug-likeness (QED) is 0.646. The van der Waals surface area contributed by atoms with Gasteiger partial charge in [-0.1, -0.05) is 6.07 Å². The summed E-state index contributed by atoms with van der Waals surface area (Å²) >= 11 is 0. The fourth-order valence-corrected chi connectivity index (χ4v) is 2.52. The molecule has 104 valence electrons. The third-order valence-corrected chi connectivity index (χ3v) is 3.54. The molecule has 0 spiro atoms. The van der Waals surface area contributed by atoms with Gasteiger partial charge in [0.2, 0.25) is 0 Å². The monoisotopic (exact) mass is 266 g/mol. The molecule has 1 aromatic rings. The fourth-order valence-electron chi connectivity index (χ4n) is 2.52. The Kier molecular flexibility index (Phi) is 4.34. The van der Waals surface area contributed by atoms with Gasteiger partial charge < -0.3 is 9.84 Å². The predicted octanol–water partition coefficient (Wildman–Crippen LogP) is 1.56. The van der Waals surface area contributed by atoms with Crippen LogP contribution in [0.4, 0.5) is 5.69 Å². The molecule has 1 heterocycles. The molecule has 1 N–H and O–H groups in total. The number of ether oxygens (including phenoxy) is 1. The van der Waals surface area contributed by atoms with E-state index in [0.29, 0.717) is 6.54 Å². The highest BCUT2D eigenvalue weighted by atomic mass is 16.6. The van der Waals surface area contributed by atoms with Crippen LogP contribution >= 0.6 is 0 Å². The summed E-state index contributed by atoms with van der Waals surface area (Å²) in [6.45, 7) is 1.68. The normalized spacial score (nSPS) is 19.6. The lowest BCUT2D eigenvalue weighted by Gasteiger charge is -2.22. The molecule has 6 heteroatoms. The van der Waals surface area contributed by atoms with E-state index in [9.17, 15) is 15.2 Å². The minimum Gasteiger partial charge on any atom is -0.490 e. The summed E-state index contributed by atoms with van der Waals surface area (Å²) in [5.41, 5.74) is 0.854. The van der Waals surface area contributed by atoms with E-state index >= 15 is 0 Å². The number of aliphatic hydroxyl groups excluding tert-OH is 1. The molecular formula is C13H18N2O4. The molecule has 1 aliphatic rings. The fraction of sp³-hybridized carbons (Fsp3) is 0.538.